The molecule has 0 bridgehead atoms. The lowest BCUT2D eigenvalue weighted by Gasteiger charge is -2.47. The highest BCUT2D eigenvalue weighted by Gasteiger charge is 2.44. The monoisotopic (exact) mass is 300 g/mol. The molecule has 2 aliphatic heterocycles. The molecule has 3 rings (SSSR count). The lowest BCUT2D eigenvalue weighted by Crippen LogP contribution is -2.55. The summed E-state index contributed by atoms with van der Waals surface area (Å²) in [6, 6.07) is 1.28. The highest BCUT2D eigenvalue weighted by molar-refractivity contribution is 6.30. The minimum atomic E-state index is -0.447. The summed E-state index contributed by atoms with van der Waals surface area (Å²) in [5.74, 6) is -0.0758. The number of ether oxygens (including phenoxy) is 1. The van der Waals surface area contributed by atoms with E-state index in [-0.39, 0.29) is 0 Å². The first-order chi connectivity index (χ1) is 9.61. The van der Waals surface area contributed by atoms with Crippen molar-refractivity contribution < 1.29 is 14.2 Å². The number of piperidine rings is 1. The van der Waals surface area contributed by atoms with Crippen molar-refractivity contribution in [2.24, 2.45) is 0 Å². The molecule has 1 aromatic heterocycles. The molecule has 2 saturated heterocycles. The van der Waals surface area contributed by atoms with E-state index in [0.717, 1.165) is 12.8 Å². The van der Waals surface area contributed by atoms with E-state index < -0.39 is 17.5 Å². The fourth-order valence-corrected chi connectivity index (χ4v) is 3.27. The van der Waals surface area contributed by atoms with Gasteiger partial charge in [-0.3, -0.25) is 0 Å². The Morgan fingerprint density at radius 1 is 1.45 bits per heavy atom. The molecular formula is C14H18ClFN2O2. The van der Waals surface area contributed by atoms with Gasteiger partial charge in [-0.25, -0.2) is 9.37 Å². The first kappa shape index (κ1) is 14.0. The van der Waals surface area contributed by atoms with Gasteiger partial charge in [0.05, 0.1) is 16.7 Å². The summed E-state index contributed by atoms with van der Waals surface area (Å²) >= 11 is 5.72. The van der Waals surface area contributed by atoms with Crippen molar-refractivity contribution >= 4 is 17.4 Å². The first-order valence-electron chi connectivity index (χ1n) is 6.99. The fraction of sp³-hybridized carbons (Fsp3) is 0.643. The molecule has 2 aliphatic rings. The zero-order chi connectivity index (χ0) is 14.2. The first-order valence-corrected chi connectivity index (χ1v) is 7.36. The number of nitrogens with zero attached hydrogens (tertiary/aromatic N) is 2. The van der Waals surface area contributed by atoms with Crippen molar-refractivity contribution in [2.75, 3.05) is 24.6 Å². The number of aliphatic hydroxyl groups excluding tert-OH is 1. The molecule has 0 aliphatic carbocycles. The van der Waals surface area contributed by atoms with Gasteiger partial charge in [-0.2, -0.15) is 0 Å². The molecule has 4 nitrogen and oxygen atoms in total. The van der Waals surface area contributed by atoms with Gasteiger partial charge in [0.2, 0.25) is 0 Å². The Bertz CT molecular complexity index is 492. The minimum Gasteiger partial charge on any atom is -0.390 e. The Labute approximate surface area is 122 Å². The van der Waals surface area contributed by atoms with Crippen molar-refractivity contribution in [2.45, 2.75) is 37.4 Å². The number of pyridine rings is 1. The summed E-state index contributed by atoms with van der Waals surface area (Å²) in [4.78, 5) is 5.96. The van der Waals surface area contributed by atoms with Crippen LogP contribution in [0.5, 0.6) is 0 Å². The fourth-order valence-electron chi connectivity index (χ4n) is 3.13. The van der Waals surface area contributed by atoms with Gasteiger partial charge in [0.25, 0.3) is 0 Å². The molecule has 20 heavy (non-hydrogen) atoms. The standard InChI is InChI=1S/C14H18ClFN2O2/c15-10-8-11(16)13(17-9-10)18-5-3-14(4-6-18)12(19)2-1-7-20-14/h8-9,12,19H,1-7H2/t12-/m1/s1. The maximum absolute atomic E-state index is 13.9. The summed E-state index contributed by atoms with van der Waals surface area (Å²) in [6.07, 6.45) is 4.11. The third kappa shape index (κ3) is 2.50. The van der Waals surface area contributed by atoms with E-state index >= 15 is 0 Å². The summed E-state index contributed by atoms with van der Waals surface area (Å²) in [5.41, 5.74) is -0.447. The van der Waals surface area contributed by atoms with Crippen molar-refractivity contribution in [3.05, 3.63) is 23.1 Å². The summed E-state index contributed by atoms with van der Waals surface area (Å²) in [5, 5.41) is 10.5. The molecule has 0 amide bonds. The van der Waals surface area contributed by atoms with Gasteiger partial charge in [-0.05, 0) is 31.7 Å². The number of hydrogen-bond donors (Lipinski definition) is 1. The lowest BCUT2D eigenvalue weighted by atomic mass is 9.82. The van der Waals surface area contributed by atoms with E-state index in [0.29, 0.717) is 43.4 Å². The van der Waals surface area contributed by atoms with Gasteiger partial charge in [0, 0.05) is 25.9 Å². The maximum atomic E-state index is 13.9. The maximum Gasteiger partial charge on any atom is 0.167 e. The summed E-state index contributed by atoms with van der Waals surface area (Å²) in [7, 11) is 0. The van der Waals surface area contributed by atoms with Crippen LogP contribution in [-0.4, -0.2) is 41.5 Å². The van der Waals surface area contributed by atoms with Gasteiger partial charge in [-0.15, -0.1) is 0 Å². The molecular weight excluding hydrogens is 283 g/mol. The molecule has 0 radical (unpaired) electrons. The number of hydrogen-bond acceptors (Lipinski definition) is 4. The van der Waals surface area contributed by atoms with E-state index in [4.69, 9.17) is 16.3 Å². The largest absolute Gasteiger partial charge is 0.390 e. The average Bonchev–Trinajstić information content (AvgIpc) is 2.44. The second-order valence-corrected chi connectivity index (χ2v) is 5.95. The second-order valence-electron chi connectivity index (χ2n) is 5.52. The molecule has 1 spiro atoms. The number of halogens is 2. The van der Waals surface area contributed by atoms with Crippen LogP contribution in [0.4, 0.5) is 10.2 Å². The van der Waals surface area contributed by atoms with Crippen LogP contribution >= 0.6 is 11.6 Å². The molecule has 1 atom stereocenters. The van der Waals surface area contributed by atoms with E-state index in [9.17, 15) is 9.50 Å². The van der Waals surface area contributed by atoms with E-state index in [2.05, 4.69) is 4.98 Å². The number of anilines is 1. The van der Waals surface area contributed by atoms with Gasteiger partial charge in [0.1, 0.15) is 0 Å². The molecule has 0 aromatic carbocycles. The van der Waals surface area contributed by atoms with Crippen LogP contribution in [0.1, 0.15) is 25.7 Å². The number of aromatic nitrogens is 1. The molecule has 3 heterocycles. The van der Waals surface area contributed by atoms with E-state index in [1.807, 2.05) is 4.90 Å². The van der Waals surface area contributed by atoms with Gasteiger partial charge in [0.15, 0.2) is 11.6 Å². The molecule has 2 fully saturated rings. The Morgan fingerprint density at radius 3 is 2.85 bits per heavy atom. The zero-order valence-corrected chi connectivity index (χ0v) is 11.9. The summed E-state index contributed by atoms with van der Waals surface area (Å²) in [6.45, 7) is 1.95. The van der Waals surface area contributed by atoms with Crippen LogP contribution < -0.4 is 4.90 Å². The molecule has 0 saturated carbocycles. The summed E-state index contributed by atoms with van der Waals surface area (Å²) < 4.78 is 19.7. The van der Waals surface area contributed by atoms with Gasteiger partial charge >= 0.3 is 0 Å². The van der Waals surface area contributed by atoms with Crippen LogP contribution in [0.3, 0.4) is 0 Å². The van der Waals surface area contributed by atoms with Crippen LogP contribution in [-0.2, 0) is 4.74 Å². The number of rotatable bonds is 1. The van der Waals surface area contributed by atoms with Gasteiger partial charge in [-0.1, -0.05) is 11.6 Å². The van der Waals surface area contributed by atoms with Crippen molar-refractivity contribution in [1.29, 1.82) is 0 Å². The molecule has 1 N–H and O–H groups in total. The van der Waals surface area contributed by atoms with Crippen molar-refractivity contribution in [3.8, 4) is 0 Å². The van der Waals surface area contributed by atoms with Crippen molar-refractivity contribution in [3.63, 3.8) is 0 Å². The van der Waals surface area contributed by atoms with E-state index in [1.165, 1.54) is 12.3 Å². The number of aliphatic hydroxyl groups is 1. The second kappa shape index (κ2) is 5.47. The topological polar surface area (TPSA) is 45.6 Å². The highest BCUT2D eigenvalue weighted by Crippen LogP contribution is 2.36. The van der Waals surface area contributed by atoms with Crippen LogP contribution in [0.15, 0.2) is 12.3 Å². The Morgan fingerprint density at radius 2 is 2.20 bits per heavy atom. The third-order valence-electron chi connectivity index (χ3n) is 4.32. The Kier molecular flexibility index (Phi) is 3.84. The van der Waals surface area contributed by atoms with E-state index in [1.54, 1.807) is 0 Å². The predicted octanol–water partition coefficient (Wildman–Crippen LogP) is 2.38. The van der Waals surface area contributed by atoms with Crippen LogP contribution in [0.25, 0.3) is 0 Å². The highest BCUT2D eigenvalue weighted by atomic mass is 35.5. The quantitative estimate of drug-likeness (QED) is 0.865. The van der Waals surface area contributed by atoms with Gasteiger partial charge < -0.3 is 14.7 Å². The lowest BCUT2D eigenvalue weighted by molar-refractivity contribution is -0.164. The third-order valence-corrected chi connectivity index (χ3v) is 4.52. The zero-order valence-electron chi connectivity index (χ0n) is 11.2. The normalized spacial score (nSPS) is 25.9. The molecule has 6 heteroatoms. The minimum absolute atomic E-state index is 0.297. The smallest absolute Gasteiger partial charge is 0.167 e. The average molecular weight is 301 g/mol. The Hall–Kier alpha value is -0.910. The van der Waals surface area contributed by atoms with Crippen LogP contribution in [0.2, 0.25) is 5.02 Å². The van der Waals surface area contributed by atoms with Crippen molar-refractivity contribution in [1.82, 2.24) is 4.98 Å². The molecule has 1 aromatic rings. The molecule has 0 unspecified atom stereocenters. The molecule has 110 valence electrons. The SMILES string of the molecule is O[C@@H]1CCCOC12CCN(c1ncc(Cl)cc1F)CC2. The Balaban J connectivity index is 1.72. The van der Waals surface area contributed by atoms with Crippen LogP contribution in [0, 0.1) is 5.82 Å². The predicted molar refractivity (Wildman–Crippen MR) is 74.6 cm³/mol.